The average molecular weight is 409 g/mol. The maximum Gasteiger partial charge on any atom is 0.335 e. The highest BCUT2D eigenvalue weighted by Gasteiger charge is 2.15. The second-order valence-electron chi connectivity index (χ2n) is 6.38. The van der Waals surface area contributed by atoms with E-state index in [2.05, 4.69) is 0 Å². The van der Waals surface area contributed by atoms with E-state index in [0.717, 1.165) is 22.3 Å². The predicted molar refractivity (Wildman–Crippen MR) is 111 cm³/mol. The molecule has 146 valence electrons. The second-order valence-corrected chi connectivity index (χ2v) is 6.78. The molecule has 0 aliphatic carbocycles. The van der Waals surface area contributed by atoms with Crippen LogP contribution >= 0.6 is 11.6 Å². The largest absolute Gasteiger partial charge is 0.496 e. The fraction of sp³-hybridized carbons (Fsp3) is 0.0909. The summed E-state index contributed by atoms with van der Waals surface area (Å²) < 4.78 is 12.6. The molecule has 0 aliphatic rings. The summed E-state index contributed by atoms with van der Waals surface area (Å²) in [5.74, 6) is 0.194. The lowest BCUT2D eigenvalue weighted by atomic mass is 10.1. The number of benzene rings is 2. The molecule has 4 rings (SSSR count). The minimum Gasteiger partial charge on any atom is -0.496 e. The number of fused-ring (bicyclic) bond motifs is 1. The zero-order valence-corrected chi connectivity index (χ0v) is 16.5. The summed E-state index contributed by atoms with van der Waals surface area (Å²) in [5, 5.41) is 9.52. The summed E-state index contributed by atoms with van der Waals surface area (Å²) in [4.78, 5) is 15.7. The van der Waals surface area contributed by atoms with Gasteiger partial charge in [-0.25, -0.2) is 9.78 Å². The van der Waals surface area contributed by atoms with Crippen molar-refractivity contribution >= 4 is 23.2 Å². The van der Waals surface area contributed by atoms with Gasteiger partial charge in [0.1, 0.15) is 17.1 Å². The van der Waals surface area contributed by atoms with E-state index in [1.807, 2.05) is 28.9 Å². The van der Waals surface area contributed by atoms with Crippen molar-refractivity contribution < 1.29 is 19.4 Å². The number of imidazole rings is 1. The number of aromatic carboxylic acids is 1. The number of rotatable bonds is 5. The third kappa shape index (κ3) is 3.50. The SMILES string of the molecule is COc1cc(OC)c(-c2cn3ccc(-c4ccc(C(=O)O)cc4)cc3n2)cc1Cl. The summed E-state index contributed by atoms with van der Waals surface area (Å²) in [6.45, 7) is 0. The zero-order valence-electron chi connectivity index (χ0n) is 15.7. The number of aromatic nitrogens is 2. The monoisotopic (exact) mass is 408 g/mol. The van der Waals surface area contributed by atoms with Crippen molar-refractivity contribution in [1.82, 2.24) is 9.38 Å². The maximum absolute atomic E-state index is 11.0. The van der Waals surface area contributed by atoms with Gasteiger partial charge >= 0.3 is 5.97 Å². The number of ether oxygens (including phenoxy) is 2. The fourth-order valence-corrected chi connectivity index (χ4v) is 3.40. The fourth-order valence-electron chi connectivity index (χ4n) is 3.16. The molecule has 0 spiro atoms. The Hall–Kier alpha value is -3.51. The van der Waals surface area contributed by atoms with E-state index in [4.69, 9.17) is 31.2 Å². The lowest BCUT2D eigenvalue weighted by molar-refractivity contribution is 0.0697. The summed E-state index contributed by atoms with van der Waals surface area (Å²) >= 11 is 6.29. The van der Waals surface area contributed by atoms with Gasteiger partial charge in [-0.1, -0.05) is 23.7 Å². The van der Waals surface area contributed by atoms with Crippen molar-refractivity contribution in [2.45, 2.75) is 0 Å². The second kappa shape index (κ2) is 7.48. The van der Waals surface area contributed by atoms with Gasteiger partial charge in [0.25, 0.3) is 0 Å². The van der Waals surface area contributed by atoms with Gasteiger partial charge in [-0.05, 0) is 41.5 Å². The van der Waals surface area contributed by atoms with Crippen molar-refractivity contribution in [3.8, 4) is 33.9 Å². The smallest absolute Gasteiger partial charge is 0.335 e. The molecule has 0 atom stereocenters. The normalized spacial score (nSPS) is 10.9. The molecule has 0 saturated heterocycles. The molecule has 0 aliphatic heterocycles. The summed E-state index contributed by atoms with van der Waals surface area (Å²) in [6.07, 6.45) is 3.80. The zero-order chi connectivity index (χ0) is 20.5. The van der Waals surface area contributed by atoms with Crippen LogP contribution in [-0.4, -0.2) is 34.7 Å². The average Bonchev–Trinajstić information content (AvgIpc) is 3.16. The molecule has 0 saturated carbocycles. The number of carbonyl (C=O) groups is 1. The van der Waals surface area contributed by atoms with Gasteiger partial charge in [-0.2, -0.15) is 0 Å². The molecule has 0 amide bonds. The first-order chi connectivity index (χ1) is 14.0. The maximum atomic E-state index is 11.0. The number of methoxy groups -OCH3 is 2. The van der Waals surface area contributed by atoms with Crippen LogP contribution in [0, 0.1) is 0 Å². The first kappa shape index (κ1) is 18.8. The molecule has 29 heavy (non-hydrogen) atoms. The topological polar surface area (TPSA) is 73.1 Å². The first-order valence-electron chi connectivity index (χ1n) is 8.74. The van der Waals surface area contributed by atoms with Crippen LogP contribution in [0.5, 0.6) is 11.5 Å². The lowest BCUT2D eigenvalue weighted by Crippen LogP contribution is -1.95. The van der Waals surface area contributed by atoms with Crippen LogP contribution in [-0.2, 0) is 0 Å². The Morgan fingerprint density at radius 3 is 2.38 bits per heavy atom. The summed E-state index contributed by atoms with van der Waals surface area (Å²) in [6, 6.07) is 14.1. The van der Waals surface area contributed by atoms with E-state index in [1.165, 1.54) is 0 Å². The first-order valence-corrected chi connectivity index (χ1v) is 9.12. The molecule has 1 N–H and O–H groups in total. The van der Waals surface area contributed by atoms with Gasteiger partial charge < -0.3 is 19.0 Å². The molecule has 2 aromatic heterocycles. The minimum atomic E-state index is -0.947. The van der Waals surface area contributed by atoms with E-state index in [1.54, 1.807) is 50.6 Å². The van der Waals surface area contributed by atoms with Crippen LogP contribution < -0.4 is 9.47 Å². The van der Waals surface area contributed by atoms with Gasteiger partial charge in [-0.15, -0.1) is 0 Å². The minimum absolute atomic E-state index is 0.251. The molecule has 0 unspecified atom stereocenters. The van der Waals surface area contributed by atoms with Crippen LogP contribution in [0.1, 0.15) is 10.4 Å². The Morgan fingerprint density at radius 2 is 1.72 bits per heavy atom. The van der Waals surface area contributed by atoms with E-state index in [9.17, 15) is 4.79 Å². The van der Waals surface area contributed by atoms with Crippen molar-refractivity contribution in [2.75, 3.05) is 14.2 Å². The van der Waals surface area contributed by atoms with E-state index < -0.39 is 5.97 Å². The Morgan fingerprint density at radius 1 is 1.00 bits per heavy atom. The number of halogens is 1. The molecular weight excluding hydrogens is 392 g/mol. The van der Waals surface area contributed by atoms with Crippen molar-refractivity contribution in [2.24, 2.45) is 0 Å². The van der Waals surface area contributed by atoms with Gasteiger partial charge in [0.15, 0.2) is 0 Å². The van der Waals surface area contributed by atoms with Crippen LogP contribution in [0.3, 0.4) is 0 Å². The lowest BCUT2D eigenvalue weighted by Gasteiger charge is -2.10. The quantitative estimate of drug-likeness (QED) is 0.501. The van der Waals surface area contributed by atoms with E-state index in [-0.39, 0.29) is 5.56 Å². The van der Waals surface area contributed by atoms with Crippen molar-refractivity contribution in [1.29, 1.82) is 0 Å². The third-order valence-corrected chi connectivity index (χ3v) is 4.97. The molecular formula is C22H17ClN2O4. The highest BCUT2D eigenvalue weighted by Crippen LogP contribution is 2.38. The third-order valence-electron chi connectivity index (χ3n) is 4.68. The number of hydrogen-bond acceptors (Lipinski definition) is 4. The standard InChI is InChI=1S/C22H17ClN2O4/c1-28-19-11-20(29-2)17(23)10-16(19)18-12-25-8-7-15(9-21(25)24-18)13-3-5-14(6-4-13)22(26)27/h3-12H,1-2H3,(H,26,27). The van der Waals surface area contributed by atoms with Crippen molar-refractivity contribution in [3.05, 3.63) is 71.5 Å². The van der Waals surface area contributed by atoms with Gasteiger partial charge in [0.2, 0.25) is 0 Å². The van der Waals surface area contributed by atoms with Crippen molar-refractivity contribution in [3.63, 3.8) is 0 Å². The number of pyridine rings is 1. The Labute approximate surface area is 171 Å². The van der Waals surface area contributed by atoms with Gasteiger partial charge in [0, 0.05) is 24.0 Å². The van der Waals surface area contributed by atoms with E-state index in [0.29, 0.717) is 22.2 Å². The summed E-state index contributed by atoms with van der Waals surface area (Å²) in [7, 11) is 3.14. The number of nitrogens with zero attached hydrogens (tertiary/aromatic N) is 2. The highest BCUT2D eigenvalue weighted by molar-refractivity contribution is 6.32. The Kier molecular flexibility index (Phi) is 4.86. The molecule has 2 heterocycles. The molecule has 4 aromatic rings. The Bertz CT molecular complexity index is 1220. The molecule has 6 nitrogen and oxygen atoms in total. The molecule has 7 heteroatoms. The number of carboxylic acids is 1. The number of hydrogen-bond donors (Lipinski definition) is 1. The van der Waals surface area contributed by atoms with Gasteiger partial charge in [0.05, 0.1) is 30.5 Å². The number of carboxylic acid groups (broad SMARTS) is 1. The van der Waals surface area contributed by atoms with E-state index >= 15 is 0 Å². The Balaban J connectivity index is 1.76. The molecule has 2 aromatic carbocycles. The predicted octanol–water partition coefficient (Wildman–Crippen LogP) is 5.04. The van der Waals surface area contributed by atoms with Crippen LogP contribution in [0.2, 0.25) is 5.02 Å². The molecule has 0 fully saturated rings. The van der Waals surface area contributed by atoms with Gasteiger partial charge in [-0.3, -0.25) is 0 Å². The van der Waals surface area contributed by atoms with Crippen LogP contribution in [0.15, 0.2) is 60.9 Å². The highest BCUT2D eigenvalue weighted by atomic mass is 35.5. The van der Waals surface area contributed by atoms with Crippen LogP contribution in [0.25, 0.3) is 28.0 Å². The summed E-state index contributed by atoms with van der Waals surface area (Å²) in [5.41, 5.74) is 4.31. The molecule has 0 radical (unpaired) electrons. The molecule has 0 bridgehead atoms. The van der Waals surface area contributed by atoms with Crippen LogP contribution in [0.4, 0.5) is 0 Å².